The number of aromatic nitrogens is 1. The number of anilines is 1. The van der Waals surface area contributed by atoms with Crippen LogP contribution < -0.4 is 5.73 Å². The minimum Gasteiger partial charge on any atom is -0.399 e. The predicted molar refractivity (Wildman–Crippen MR) is 68.1 cm³/mol. The van der Waals surface area contributed by atoms with E-state index in [4.69, 9.17) is 17.3 Å². The number of hydrogen-bond acceptors (Lipinski definition) is 4. The Morgan fingerprint density at radius 3 is 3.00 bits per heavy atom. The Bertz CT molecular complexity index is 514. The van der Waals surface area contributed by atoms with Gasteiger partial charge in [0.25, 0.3) is 0 Å². The van der Waals surface area contributed by atoms with Gasteiger partial charge in [0.15, 0.2) is 0 Å². The van der Waals surface area contributed by atoms with E-state index in [0.29, 0.717) is 21.4 Å². The van der Waals surface area contributed by atoms with E-state index < -0.39 is 10.8 Å². The number of nitrogens with two attached hydrogens (primary N) is 1. The largest absolute Gasteiger partial charge is 0.399 e. The van der Waals surface area contributed by atoms with Crippen molar-refractivity contribution >= 4 is 39.4 Å². The molecule has 0 amide bonds. The molecule has 0 fully saturated rings. The van der Waals surface area contributed by atoms with Crippen LogP contribution in [0.15, 0.2) is 34.8 Å². The van der Waals surface area contributed by atoms with E-state index in [0.717, 1.165) is 4.88 Å². The van der Waals surface area contributed by atoms with Crippen LogP contribution in [-0.4, -0.2) is 9.19 Å². The molecule has 1 heterocycles. The van der Waals surface area contributed by atoms with E-state index in [2.05, 4.69) is 4.98 Å². The van der Waals surface area contributed by atoms with Crippen LogP contribution in [0, 0.1) is 0 Å². The summed E-state index contributed by atoms with van der Waals surface area (Å²) in [6.45, 7) is 0. The Morgan fingerprint density at radius 1 is 1.50 bits per heavy atom. The van der Waals surface area contributed by atoms with Gasteiger partial charge in [0, 0.05) is 16.8 Å². The third kappa shape index (κ3) is 2.61. The summed E-state index contributed by atoms with van der Waals surface area (Å²) in [5.74, 6) is 0.424. The van der Waals surface area contributed by atoms with Crippen LogP contribution in [-0.2, 0) is 16.6 Å². The maximum absolute atomic E-state index is 12.0. The molecule has 84 valence electrons. The molecule has 0 bridgehead atoms. The number of rotatable bonds is 3. The lowest BCUT2D eigenvalue weighted by molar-refractivity contribution is 0.683. The highest BCUT2D eigenvalue weighted by atomic mass is 35.5. The Balaban J connectivity index is 2.24. The van der Waals surface area contributed by atoms with Gasteiger partial charge in [-0.05, 0) is 18.2 Å². The van der Waals surface area contributed by atoms with Gasteiger partial charge < -0.3 is 5.73 Å². The first-order chi connectivity index (χ1) is 7.66. The molecular weight excluding hydrogens is 264 g/mol. The molecule has 0 aliphatic carbocycles. The van der Waals surface area contributed by atoms with Gasteiger partial charge in [-0.3, -0.25) is 9.19 Å². The second-order valence-electron chi connectivity index (χ2n) is 3.15. The smallest absolute Gasteiger partial charge is 0.0794 e. The van der Waals surface area contributed by atoms with Crippen molar-refractivity contribution in [3.63, 3.8) is 0 Å². The first-order valence-corrected chi connectivity index (χ1v) is 7.05. The predicted octanol–water partition coefficient (Wildman–Crippen LogP) is 2.69. The van der Waals surface area contributed by atoms with Crippen molar-refractivity contribution in [2.45, 2.75) is 10.6 Å². The maximum atomic E-state index is 12.0. The first-order valence-electron chi connectivity index (χ1n) is 4.47. The second-order valence-corrected chi connectivity index (χ2v) is 5.95. The van der Waals surface area contributed by atoms with Gasteiger partial charge in [0.1, 0.15) is 0 Å². The summed E-state index contributed by atoms with van der Waals surface area (Å²) in [5.41, 5.74) is 7.92. The molecule has 0 saturated heterocycles. The normalized spacial score (nSPS) is 12.6. The maximum Gasteiger partial charge on any atom is 0.0794 e. The first kappa shape index (κ1) is 11.6. The zero-order valence-electron chi connectivity index (χ0n) is 8.22. The molecule has 0 aliphatic rings. The molecule has 0 radical (unpaired) electrons. The average Bonchev–Trinajstić information content (AvgIpc) is 2.74. The van der Waals surface area contributed by atoms with Crippen molar-refractivity contribution in [3.8, 4) is 0 Å². The lowest BCUT2D eigenvalue weighted by atomic mass is 10.3. The van der Waals surface area contributed by atoms with E-state index in [9.17, 15) is 4.21 Å². The summed E-state index contributed by atoms with van der Waals surface area (Å²) in [6, 6.07) is 5.01. The van der Waals surface area contributed by atoms with E-state index in [1.54, 1.807) is 29.9 Å². The van der Waals surface area contributed by atoms with Gasteiger partial charge in [-0.15, -0.1) is 11.3 Å². The quantitative estimate of drug-likeness (QED) is 0.874. The average molecular weight is 273 g/mol. The Kier molecular flexibility index (Phi) is 3.58. The SMILES string of the molecule is Nc1ccc(Cl)c(S(=O)Cc2cncs2)c1. The zero-order chi connectivity index (χ0) is 11.5. The van der Waals surface area contributed by atoms with Gasteiger partial charge in [0.05, 0.1) is 32.0 Å². The van der Waals surface area contributed by atoms with Gasteiger partial charge in [-0.1, -0.05) is 11.6 Å². The minimum atomic E-state index is -1.18. The Hall–Kier alpha value is -0.910. The number of nitrogen functional groups attached to an aromatic ring is 1. The number of hydrogen-bond donors (Lipinski definition) is 1. The van der Waals surface area contributed by atoms with E-state index in [1.165, 1.54) is 11.3 Å². The molecule has 2 aromatic rings. The molecule has 0 spiro atoms. The summed E-state index contributed by atoms with van der Waals surface area (Å²) in [7, 11) is -1.18. The standard InChI is InChI=1S/C10H9ClN2OS2/c11-9-2-1-7(12)3-10(9)16(14)5-8-4-13-6-15-8/h1-4,6H,5,12H2. The molecule has 2 rings (SSSR count). The minimum absolute atomic E-state index is 0.424. The van der Waals surface area contributed by atoms with Crippen molar-refractivity contribution in [2.24, 2.45) is 0 Å². The highest BCUT2D eigenvalue weighted by molar-refractivity contribution is 7.84. The second kappa shape index (κ2) is 4.95. The fourth-order valence-electron chi connectivity index (χ4n) is 1.21. The lowest BCUT2D eigenvalue weighted by Crippen LogP contribution is -1.97. The van der Waals surface area contributed by atoms with E-state index in [1.807, 2.05) is 0 Å². The van der Waals surface area contributed by atoms with Crippen LogP contribution in [0.4, 0.5) is 5.69 Å². The van der Waals surface area contributed by atoms with E-state index in [-0.39, 0.29) is 0 Å². The van der Waals surface area contributed by atoms with Crippen LogP contribution in [0.1, 0.15) is 4.88 Å². The Morgan fingerprint density at radius 2 is 2.31 bits per heavy atom. The molecule has 1 unspecified atom stereocenters. The summed E-state index contributed by atoms with van der Waals surface area (Å²) in [4.78, 5) is 5.48. The third-order valence-electron chi connectivity index (χ3n) is 1.96. The summed E-state index contributed by atoms with van der Waals surface area (Å²) in [5, 5.41) is 0.483. The van der Waals surface area contributed by atoms with Crippen molar-refractivity contribution in [1.82, 2.24) is 4.98 Å². The summed E-state index contributed by atoms with van der Waals surface area (Å²) in [6.07, 6.45) is 1.71. The van der Waals surface area contributed by atoms with Gasteiger partial charge in [-0.25, -0.2) is 0 Å². The third-order valence-corrected chi connectivity index (χ3v) is 4.76. The number of nitrogens with zero attached hydrogens (tertiary/aromatic N) is 1. The van der Waals surface area contributed by atoms with Crippen LogP contribution in [0.2, 0.25) is 5.02 Å². The molecular formula is C10H9ClN2OS2. The van der Waals surface area contributed by atoms with Crippen molar-refractivity contribution in [3.05, 3.63) is 39.8 Å². The van der Waals surface area contributed by atoms with Crippen LogP contribution in [0.5, 0.6) is 0 Å². The highest BCUT2D eigenvalue weighted by Crippen LogP contribution is 2.24. The topological polar surface area (TPSA) is 56.0 Å². The van der Waals surface area contributed by atoms with Crippen molar-refractivity contribution in [2.75, 3.05) is 5.73 Å². The molecule has 0 aliphatic heterocycles. The van der Waals surface area contributed by atoms with Crippen LogP contribution >= 0.6 is 22.9 Å². The summed E-state index contributed by atoms with van der Waals surface area (Å²) < 4.78 is 12.0. The highest BCUT2D eigenvalue weighted by Gasteiger charge is 2.10. The van der Waals surface area contributed by atoms with Gasteiger partial charge in [-0.2, -0.15) is 0 Å². The molecule has 16 heavy (non-hydrogen) atoms. The Labute approximate surface area is 105 Å². The van der Waals surface area contributed by atoms with Crippen LogP contribution in [0.25, 0.3) is 0 Å². The fourth-order valence-corrected chi connectivity index (χ4v) is 3.60. The molecule has 1 atom stereocenters. The van der Waals surface area contributed by atoms with Crippen molar-refractivity contribution in [1.29, 1.82) is 0 Å². The monoisotopic (exact) mass is 272 g/mol. The fraction of sp³-hybridized carbons (Fsp3) is 0.100. The number of benzene rings is 1. The summed E-state index contributed by atoms with van der Waals surface area (Å²) >= 11 is 7.45. The van der Waals surface area contributed by atoms with Gasteiger partial charge in [0.2, 0.25) is 0 Å². The number of thiazole rings is 1. The van der Waals surface area contributed by atoms with Crippen LogP contribution in [0.3, 0.4) is 0 Å². The number of halogens is 1. The molecule has 6 heteroatoms. The molecule has 0 saturated carbocycles. The molecule has 3 nitrogen and oxygen atoms in total. The van der Waals surface area contributed by atoms with Crippen molar-refractivity contribution < 1.29 is 4.21 Å². The molecule has 1 aromatic carbocycles. The van der Waals surface area contributed by atoms with E-state index >= 15 is 0 Å². The van der Waals surface area contributed by atoms with Gasteiger partial charge >= 0.3 is 0 Å². The molecule has 2 N–H and O–H groups in total. The molecule has 1 aromatic heterocycles. The zero-order valence-corrected chi connectivity index (χ0v) is 10.6. The lowest BCUT2D eigenvalue weighted by Gasteiger charge is -2.04.